The Morgan fingerprint density at radius 2 is 1.43 bits per heavy atom. The van der Waals surface area contributed by atoms with E-state index in [1.165, 1.54) is 17.3 Å². The van der Waals surface area contributed by atoms with Crippen LogP contribution in [0.5, 0.6) is 0 Å². The minimum absolute atomic E-state index is 0.0292. The van der Waals surface area contributed by atoms with Crippen LogP contribution in [-0.2, 0) is 4.79 Å². The summed E-state index contributed by atoms with van der Waals surface area (Å²) in [6.45, 7) is 2.01. The van der Waals surface area contributed by atoms with Gasteiger partial charge < -0.3 is 0 Å². The maximum atomic E-state index is 13.0. The molecule has 138 valence electrons. The third-order valence-corrected chi connectivity index (χ3v) is 6.14. The van der Waals surface area contributed by atoms with Crippen molar-refractivity contribution in [2.24, 2.45) is 0 Å². The molecular weight excluding hydrogens is 382 g/mol. The number of hydrogen-bond donors (Lipinski definition) is 0. The van der Waals surface area contributed by atoms with Gasteiger partial charge in [-0.3, -0.25) is 9.69 Å². The molecule has 2 nitrogen and oxygen atoms in total. The van der Waals surface area contributed by atoms with E-state index < -0.39 is 0 Å². The predicted molar refractivity (Wildman–Crippen MR) is 122 cm³/mol. The number of thioether (sulfide) groups is 1. The van der Waals surface area contributed by atoms with Gasteiger partial charge in [0, 0.05) is 0 Å². The lowest BCUT2D eigenvalue weighted by Gasteiger charge is -2.23. The zero-order valence-corrected chi connectivity index (χ0v) is 17.0. The first-order chi connectivity index (χ1) is 13.6. The van der Waals surface area contributed by atoms with Gasteiger partial charge in [0.2, 0.25) is 0 Å². The van der Waals surface area contributed by atoms with E-state index in [1.807, 2.05) is 73.7 Å². The normalized spacial score (nSPS) is 16.6. The van der Waals surface area contributed by atoms with E-state index in [-0.39, 0.29) is 11.9 Å². The molecule has 0 saturated carbocycles. The first-order valence-corrected chi connectivity index (χ1v) is 10.3. The molecule has 1 fully saturated rings. The van der Waals surface area contributed by atoms with Crippen LogP contribution in [-0.4, -0.2) is 15.1 Å². The van der Waals surface area contributed by atoms with E-state index in [0.717, 1.165) is 16.7 Å². The average molecular weight is 402 g/mol. The molecule has 0 unspecified atom stereocenters. The number of benzene rings is 3. The Labute approximate surface area is 174 Å². The quantitative estimate of drug-likeness (QED) is 0.377. The fourth-order valence-electron chi connectivity index (χ4n) is 3.25. The highest BCUT2D eigenvalue weighted by Crippen LogP contribution is 2.38. The molecule has 1 aliphatic heterocycles. The third-order valence-electron chi connectivity index (χ3n) is 4.81. The Morgan fingerprint density at radius 3 is 2.07 bits per heavy atom. The van der Waals surface area contributed by atoms with Crippen molar-refractivity contribution in [3.05, 3.63) is 101 Å². The summed E-state index contributed by atoms with van der Waals surface area (Å²) in [6.07, 6.45) is 1.92. The highest BCUT2D eigenvalue weighted by atomic mass is 32.2. The molecule has 4 rings (SSSR count). The van der Waals surface area contributed by atoms with Gasteiger partial charge in [0.15, 0.2) is 0 Å². The molecule has 1 amide bonds. The van der Waals surface area contributed by atoms with Crippen LogP contribution in [0, 0.1) is 0 Å². The van der Waals surface area contributed by atoms with Crippen molar-refractivity contribution >= 4 is 40.3 Å². The summed E-state index contributed by atoms with van der Waals surface area (Å²) >= 11 is 6.87. The smallest absolute Gasteiger partial charge is 0.266 e. The zero-order chi connectivity index (χ0) is 19.5. The second-order valence-electron chi connectivity index (χ2n) is 6.63. The van der Waals surface area contributed by atoms with Crippen LogP contribution in [0.3, 0.4) is 0 Å². The largest absolute Gasteiger partial charge is 0.286 e. The van der Waals surface area contributed by atoms with Crippen LogP contribution in [0.15, 0.2) is 89.8 Å². The molecule has 28 heavy (non-hydrogen) atoms. The van der Waals surface area contributed by atoms with Crippen molar-refractivity contribution in [3.63, 3.8) is 0 Å². The van der Waals surface area contributed by atoms with Crippen molar-refractivity contribution in [1.29, 1.82) is 0 Å². The van der Waals surface area contributed by atoms with Gasteiger partial charge in [-0.15, -0.1) is 0 Å². The molecule has 3 aromatic carbocycles. The van der Waals surface area contributed by atoms with Crippen molar-refractivity contribution < 1.29 is 4.79 Å². The molecule has 0 aromatic heterocycles. The maximum absolute atomic E-state index is 13.0. The number of nitrogens with zero attached hydrogens (tertiary/aromatic N) is 1. The summed E-state index contributed by atoms with van der Waals surface area (Å²) in [5.74, 6) is -0.0292. The molecule has 1 aliphatic rings. The Balaban J connectivity index is 1.56. The van der Waals surface area contributed by atoms with Crippen LogP contribution in [0.1, 0.15) is 24.1 Å². The van der Waals surface area contributed by atoms with Crippen LogP contribution in [0.25, 0.3) is 17.2 Å². The van der Waals surface area contributed by atoms with Gasteiger partial charge in [0.25, 0.3) is 5.91 Å². The van der Waals surface area contributed by atoms with Gasteiger partial charge in [-0.05, 0) is 35.3 Å². The van der Waals surface area contributed by atoms with Gasteiger partial charge in [0.1, 0.15) is 4.32 Å². The molecule has 3 aromatic rings. The molecule has 0 aliphatic carbocycles. The molecule has 4 heteroatoms. The van der Waals surface area contributed by atoms with Gasteiger partial charge >= 0.3 is 0 Å². The molecular formula is C24H19NOS2. The van der Waals surface area contributed by atoms with E-state index in [0.29, 0.717) is 9.23 Å². The highest BCUT2D eigenvalue weighted by molar-refractivity contribution is 8.26. The Morgan fingerprint density at radius 1 is 0.857 bits per heavy atom. The summed E-state index contributed by atoms with van der Waals surface area (Å²) < 4.78 is 0.605. The predicted octanol–water partition coefficient (Wildman–Crippen LogP) is 6.32. The van der Waals surface area contributed by atoms with Crippen LogP contribution in [0.4, 0.5) is 0 Å². The third kappa shape index (κ3) is 3.79. The van der Waals surface area contributed by atoms with E-state index in [9.17, 15) is 4.79 Å². The summed E-state index contributed by atoms with van der Waals surface area (Å²) in [5, 5.41) is 0. The summed E-state index contributed by atoms with van der Waals surface area (Å²) in [4.78, 5) is 15.3. The number of thiocarbonyl (C=S) groups is 1. The van der Waals surface area contributed by atoms with Crippen molar-refractivity contribution in [3.8, 4) is 11.1 Å². The molecule has 0 spiro atoms. The Bertz CT molecular complexity index is 1030. The highest BCUT2D eigenvalue weighted by Gasteiger charge is 2.35. The number of rotatable bonds is 4. The standard InChI is InChI=1S/C24H19NOS2/c1-17(19-8-4-2-5-9-19)25-23(26)22(28-24(25)27)16-18-12-14-21(15-13-18)20-10-6-3-7-11-20/h2-17H,1H3/b22-16-/t17-/m0/s1. The zero-order valence-electron chi connectivity index (χ0n) is 15.4. The van der Waals surface area contributed by atoms with Crippen LogP contribution < -0.4 is 0 Å². The first kappa shape index (κ1) is 18.7. The number of amides is 1. The molecule has 0 N–H and O–H groups in total. The Kier molecular flexibility index (Phi) is 5.42. The van der Waals surface area contributed by atoms with Crippen LogP contribution in [0.2, 0.25) is 0 Å². The molecule has 0 radical (unpaired) electrons. The van der Waals surface area contributed by atoms with Gasteiger partial charge in [-0.2, -0.15) is 0 Å². The average Bonchev–Trinajstić information content (AvgIpc) is 3.02. The molecule has 0 bridgehead atoms. The molecule has 1 heterocycles. The van der Waals surface area contributed by atoms with Crippen molar-refractivity contribution in [1.82, 2.24) is 4.90 Å². The topological polar surface area (TPSA) is 20.3 Å². The van der Waals surface area contributed by atoms with Gasteiger partial charge in [-0.25, -0.2) is 0 Å². The minimum Gasteiger partial charge on any atom is -0.286 e. The van der Waals surface area contributed by atoms with E-state index in [2.05, 4.69) is 24.3 Å². The molecule has 1 atom stereocenters. The second-order valence-corrected chi connectivity index (χ2v) is 8.30. The minimum atomic E-state index is -0.0833. The summed E-state index contributed by atoms with van der Waals surface area (Å²) in [6, 6.07) is 28.4. The monoisotopic (exact) mass is 401 g/mol. The Hall–Kier alpha value is -2.69. The maximum Gasteiger partial charge on any atom is 0.266 e. The van der Waals surface area contributed by atoms with Gasteiger partial charge in [0.05, 0.1) is 10.9 Å². The first-order valence-electron chi connectivity index (χ1n) is 9.11. The van der Waals surface area contributed by atoms with Crippen molar-refractivity contribution in [2.75, 3.05) is 0 Å². The van der Waals surface area contributed by atoms with Crippen molar-refractivity contribution in [2.45, 2.75) is 13.0 Å². The van der Waals surface area contributed by atoms with Gasteiger partial charge in [-0.1, -0.05) is 109 Å². The SMILES string of the molecule is C[C@@H](c1ccccc1)N1C(=O)/C(=C/c2ccc(-c3ccccc3)cc2)SC1=S. The number of hydrogen-bond acceptors (Lipinski definition) is 3. The lowest BCUT2D eigenvalue weighted by molar-refractivity contribution is -0.123. The number of carbonyl (C=O) groups is 1. The fourth-order valence-corrected chi connectivity index (χ4v) is 4.67. The van der Waals surface area contributed by atoms with Crippen LogP contribution >= 0.6 is 24.0 Å². The molecule has 1 saturated heterocycles. The summed E-state index contributed by atoms with van der Waals surface area (Å²) in [5.41, 5.74) is 4.40. The second kappa shape index (κ2) is 8.13. The van der Waals surface area contributed by atoms with E-state index in [4.69, 9.17) is 12.2 Å². The lowest BCUT2D eigenvalue weighted by atomic mass is 10.0. The summed E-state index contributed by atoms with van der Waals surface area (Å²) in [7, 11) is 0. The lowest BCUT2D eigenvalue weighted by Crippen LogP contribution is -2.30. The van der Waals surface area contributed by atoms with E-state index in [1.54, 1.807) is 4.90 Å². The fraction of sp³-hybridized carbons (Fsp3) is 0.0833. The van der Waals surface area contributed by atoms with E-state index >= 15 is 0 Å². The number of carbonyl (C=O) groups excluding carboxylic acids is 1.